The van der Waals surface area contributed by atoms with Crippen LogP contribution in [0.1, 0.15) is 38.3 Å². The zero-order chi connectivity index (χ0) is 22.1. The number of ether oxygens (including phenoxy) is 1. The first kappa shape index (κ1) is 23.7. The number of halogens is 1. The Hall–Kier alpha value is -2.53. The van der Waals surface area contributed by atoms with Crippen LogP contribution in [0.2, 0.25) is 5.02 Å². The van der Waals surface area contributed by atoms with E-state index in [9.17, 15) is 9.59 Å². The maximum absolute atomic E-state index is 13.3. The van der Waals surface area contributed by atoms with Gasteiger partial charge in [0.25, 0.3) is 0 Å². The van der Waals surface area contributed by atoms with E-state index in [1.807, 2.05) is 57.2 Å². The molecule has 5 nitrogen and oxygen atoms in total. The molecule has 0 aliphatic heterocycles. The Balaban J connectivity index is 2.27. The Morgan fingerprint density at radius 2 is 1.80 bits per heavy atom. The van der Waals surface area contributed by atoms with E-state index in [-0.39, 0.29) is 18.2 Å². The van der Waals surface area contributed by atoms with Crippen molar-refractivity contribution in [1.29, 1.82) is 0 Å². The summed E-state index contributed by atoms with van der Waals surface area (Å²) in [4.78, 5) is 27.8. The molecule has 0 aromatic heterocycles. The summed E-state index contributed by atoms with van der Waals surface area (Å²) in [6.07, 6.45) is 0.732. The molecule has 162 valence electrons. The SMILES string of the molecule is CC[C@@H](C(=O)NCC(C)C)N(Cc1cccc(OC)c1)C(=O)Cc1ccc(Cl)cc1. The van der Waals surface area contributed by atoms with Crippen LogP contribution >= 0.6 is 11.6 Å². The number of hydrogen-bond acceptors (Lipinski definition) is 3. The third-order valence-corrected chi connectivity index (χ3v) is 5.08. The van der Waals surface area contributed by atoms with Gasteiger partial charge >= 0.3 is 0 Å². The molecule has 2 rings (SSSR count). The molecule has 2 amide bonds. The molecule has 6 heteroatoms. The fourth-order valence-corrected chi connectivity index (χ4v) is 3.31. The predicted octanol–water partition coefficient (Wildman–Crippen LogP) is 4.47. The molecule has 0 saturated carbocycles. The van der Waals surface area contributed by atoms with Crippen molar-refractivity contribution in [3.05, 3.63) is 64.7 Å². The van der Waals surface area contributed by atoms with Crippen molar-refractivity contribution < 1.29 is 14.3 Å². The van der Waals surface area contributed by atoms with E-state index in [1.165, 1.54) is 0 Å². The molecule has 1 atom stereocenters. The largest absolute Gasteiger partial charge is 0.497 e. The number of benzene rings is 2. The maximum Gasteiger partial charge on any atom is 0.242 e. The van der Waals surface area contributed by atoms with Crippen LogP contribution in [0, 0.1) is 5.92 Å². The first-order chi connectivity index (χ1) is 14.3. The van der Waals surface area contributed by atoms with Crippen LogP contribution in [0.25, 0.3) is 0 Å². The predicted molar refractivity (Wildman–Crippen MR) is 121 cm³/mol. The van der Waals surface area contributed by atoms with Gasteiger partial charge in [0.2, 0.25) is 11.8 Å². The zero-order valence-electron chi connectivity index (χ0n) is 18.2. The van der Waals surface area contributed by atoms with E-state index in [0.717, 1.165) is 16.9 Å². The van der Waals surface area contributed by atoms with Crippen molar-refractivity contribution >= 4 is 23.4 Å². The Bertz CT molecular complexity index is 837. The van der Waals surface area contributed by atoms with Gasteiger partial charge in [-0.25, -0.2) is 0 Å². The lowest BCUT2D eigenvalue weighted by atomic mass is 10.1. The number of amides is 2. The van der Waals surface area contributed by atoms with Crippen molar-refractivity contribution in [3.63, 3.8) is 0 Å². The summed E-state index contributed by atoms with van der Waals surface area (Å²) in [5, 5.41) is 3.60. The van der Waals surface area contributed by atoms with Crippen LogP contribution in [0.5, 0.6) is 5.75 Å². The first-order valence-electron chi connectivity index (χ1n) is 10.3. The summed E-state index contributed by atoms with van der Waals surface area (Å²) in [6.45, 7) is 6.92. The van der Waals surface area contributed by atoms with Crippen LogP contribution in [0.15, 0.2) is 48.5 Å². The van der Waals surface area contributed by atoms with E-state index in [2.05, 4.69) is 5.32 Å². The summed E-state index contributed by atoms with van der Waals surface area (Å²) >= 11 is 5.96. The van der Waals surface area contributed by atoms with Crippen LogP contribution < -0.4 is 10.1 Å². The van der Waals surface area contributed by atoms with Crippen LogP contribution in [-0.4, -0.2) is 36.4 Å². The van der Waals surface area contributed by atoms with E-state index in [4.69, 9.17) is 16.3 Å². The molecule has 1 N–H and O–H groups in total. The molecular formula is C24H31ClN2O3. The van der Waals surface area contributed by atoms with Crippen LogP contribution in [-0.2, 0) is 22.6 Å². The summed E-state index contributed by atoms with van der Waals surface area (Å²) in [7, 11) is 1.61. The van der Waals surface area contributed by atoms with E-state index in [0.29, 0.717) is 30.5 Å². The highest BCUT2D eigenvalue weighted by Gasteiger charge is 2.28. The minimum Gasteiger partial charge on any atom is -0.497 e. The topological polar surface area (TPSA) is 58.6 Å². The molecule has 0 heterocycles. The fraction of sp³-hybridized carbons (Fsp3) is 0.417. The monoisotopic (exact) mass is 430 g/mol. The number of carbonyl (C=O) groups is 2. The van der Waals surface area contributed by atoms with Crippen molar-refractivity contribution in [3.8, 4) is 5.75 Å². The van der Waals surface area contributed by atoms with Crippen molar-refractivity contribution in [1.82, 2.24) is 10.2 Å². The Labute approximate surface area is 184 Å². The Kier molecular flexibility index (Phi) is 9.18. The highest BCUT2D eigenvalue weighted by Crippen LogP contribution is 2.19. The lowest BCUT2D eigenvalue weighted by Gasteiger charge is -2.31. The second-order valence-electron chi connectivity index (χ2n) is 7.74. The minimum absolute atomic E-state index is 0.105. The molecule has 0 unspecified atom stereocenters. The van der Waals surface area contributed by atoms with Crippen molar-refractivity contribution in [2.75, 3.05) is 13.7 Å². The molecule has 0 saturated heterocycles. The highest BCUT2D eigenvalue weighted by atomic mass is 35.5. The van der Waals surface area contributed by atoms with Gasteiger partial charge in [0.05, 0.1) is 13.5 Å². The third kappa shape index (κ3) is 7.06. The van der Waals surface area contributed by atoms with Gasteiger partial charge in [-0.3, -0.25) is 9.59 Å². The summed E-state index contributed by atoms with van der Waals surface area (Å²) in [5.74, 6) is 0.822. The average molecular weight is 431 g/mol. The Morgan fingerprint density at radius 1 is 1.10 bits per heavy atom. The second kappa shape index (κ2) is 11.6. The summed E-state index contributed by atoms with van der Waals surface area (Å²) in [5.41, 5.74) is 1.77. The lowest BCUT2D eigenvalue weighted by molar-refractivity contribution is -0.141. The molecule has 0 spiro atoms. The second-order valence-corrected chi connectivity index (χ2v) is 8.18. The first-order valence-corrected chi connectivity index (χ1v) is 10.7. The lowest BCUT2D eigenvalue weighted by Crippen LogP contribution is -2.50. The van der Waals surface area contributed by atoms with Crippen LogP contribution in [0.4, 0.5) is 0 Å². The number of carbonyl (C=O) groups excluding carboxylic acids is 2. The number of methoxy groups -OCH3 is 1. The van der Waals surface area contributed by atoms with Gasteiger partial charge in [0.1, 0.15) is 11.8 Å². The normalized spacial score (nSPS) is 11.8. The smallest absolute Gasteiger partial charge is 0.242 e. The third-order valence-electron chi connectivity index (χ3n) is 4.83. The van der Waals surface area contributed by atoms with Gasteiger partial charge in [-0.1, -0.05) is 56.6 Å². The van der Waals surface area contributed by atoms with Gasteiger partial charge in [-0.15, -0.1) is 0 Å². The minimum atomic E-state index is -0.547. The molecular weight excluding hydrogens is 400 g/mol. The number of nitrogens with one attached hydrogen (secondary N) is 1. The van der Waals surface area contributed by atoms with Crippen molar-refractivity contribution in [2.24, 2.45) is 5.92 Å². The summed E-state index contributed by atoms with van der Waals surface area (Å²) in [6, 6.07) is 14.2. The van der Waals surface area contributed by atoms with E-state index in [1.54, 1.807) is 24.1 Å². The number of hydrogen-bond donors (Lipinski definition) is 1. The summed E-state index contributed by atoms with van der Waals surface area (Å²) < 4.78 is 5.31. The number of rotatable bonds is 10. The molecule has 0 aliphatic rings. The van der Waals surface area contributed by atoms with Crippen LogP contribution in [0.3, 0.4) is 0 Å². The van der Waals surface area contributed by atoms with Crippen molar-refractivity contribution in [2.45, 2.75) is 46.2 Å². The van der Waals surface area contributed by atoms with Gasteiger partial charge < -0.3 is 15.0 Å². The molecule has 30 heavy (non-hydrogen) atoms. The van der Waals surface area contributed by atoms with Gasteiger partial charge in [0, 0.05) is 18.1 Å². The van der Waals surface area contributed by atoms with Gasteiger partial charge in [-0.05, 0) is 47.7 Å². The molecule has 0 radical (unpaired) electrons. The van der Waals surface area contributed by atoms with Gasteiger partial charge in [-0.2, -0.15) is 0 Å². The Morgan fingerprint density at radius 3 is 2.40 bits per heavy atom. The quantitative estimate of drug-likeness (QED) is 0.605. The standard InChI is InChI=1S/C24H31ClN2O3/c1-5-22(24(29)26-15-17(2)3)27(16-19-7-6-8-21(13-19)30-4)23(28)14-18-9-11-20(25)12-10-18/h6-13,17,22H,5,14-16H2,1-4H3,(H,26,29)/t22-/m0/s1. The molecule has 2 aromatic rings. The molecule has 0 aliphatic carbocycles. The zero-order valence-corrected chi connectivity index (χ0v) is 18.9. The average Bonchev–Trinajstić information content (AvgIpc) is 2.73. The molecule has 2 aromatic carbocycles. The molecule has 0 fully saturated rings. The van der Waals surface area contributed by atoms with E-state index >= 15 is 0 Å². The maximum atomic E-state index is 13.3. The fourth-order valence-electron chi connectivity index (χ4n) is 3.19. The number of nitrogens with zero attached hydrogens (tertiary/aromatic N) is 1. The van der Waals surface area contributed by atoms with E-state index < -0.39 is 6.04 Å². The molecule has 0 bridgehead atoms. The highest BCUT2D eigenvalue weighted by molar-refractivity contribution is 6.30. The van der Waals surface area contributed by atoms with Gasteiger partial charge in [0.15, 0.2) is 0 Å².